The smallest absolute Gasteiger partial charge is 0.151 e. The Hall–Kier alpha value is -0.910. The number of rotatable bonds is 5. The topological polar surface area (TPSA) is 55.4 Å². The minimum Gasteiger partial charge on any atom is -0.380 e. The van der Waals surface area contributed by atoms with Crippen LogP contribution in [0.15, 0.2) is 24.3 Å². The molecule has 2 rings (SSSR count). The molecule has 1 fully saturated rings. The van der Waals surface area contributed by atoms with Crippen LogP contribution in [0.4, 0.5) is 0 Å². The number of sulfone groups is 1. The Morgan fingerprint density at radius 1 is 1.39 bits per heavy atom. The van der Waals surface area contributed by atoms with Crippen LogP contribution < -0.4 is 5.32 Å². The van der Waals surface area contributed by atoms with Crippen LogP contribution in [0, 0.1) is 0 Å². The predicted molar refractivity (Wildman–Crippen MR) is 71.1 cm³/mol. The van der Waals surface area contributed by atoms with Gasteiger partial charge in [-0.15, -0.1) is 0 Å². The van der Waals surface area contributed by atoms with Gasteiger partial charge in [-0.1, -0.05) is 24.3 Å². The van der Waals surface area contributed by atoms with Crippen molar-refractivity contribution >= 4 is 9.84 Å². The van der Waals surface area contributed by atoms with E-state index < -0.39 is 9.84 Å². The van der Waals surface area contributed by atoms with Crippen LogP contribution in [-0.4, -0.2) is 33.1 Å². The molecule has 0 radical (unpaired) electrons. The third-order valence-electron chi connectivity index (χ3n) is 3.13. The maximum Gasteiger partial charge on any atom is 0.151 e. The fraction of sp³-hybridized carbons (Fsp3) is 0.538. The van der Waals surface area contributed by atoms with Gasteiger partial charge in [0.2, 0.25) is 0 Å². The first-order valence-electron chi connectivity index (χ1n) is 6.09. The zero-order valence-electron chi connectivity index (χ0n) is 10.6. The SMILES string of the molecule is COCc1cccc(CNC2CCS(=O)(=O)C2)c1. The summed E-state index contributed by atoms with van der Waals surface area (Å²) >= 11 is 0. The van der Waals surface area contributed by atoms with Gasteiger partial charge in [0, 0.05) is 19.7 Å². The molecule has 1 N–H and O–H groups in total. The van der Waals surface area contributed by atoms with Crippen molar-refractivity contribution in [2.75, 3.05) is 18.6 Å². The monoisotopic (exact) mass is 269 g/mol. The minimum atomic E-state index is -2.80. The molecule has 18 heavy (non-hydrogen) atoms. The highest BCUT2D eigenvalue weighted by atomic mass is 32.2. The minimum absolute atomic E-state index is 0.0982. The van der Waals surface area contributed by atoms with Gasteiger partial charge in [0.1, 0.15) is 0 Å². The van der Waals surface area contributed by atoms with E-state index in [1.807, 2.05) is 18.2 Å². The van der Waals surface area contributed by atoms with Gasteiger partial charge < -0.3 is 10.1 Å². The van der Waals surface area contributed by atoms with Crippen molar-refractivity contribution in [3.05, 3.63) is 35.4 Å². The Morgan fingerprint density at radius 3 is 2.83 bits per heavy atom. The molecule has 0 amide bonds. The van der Waals surface area contributed by atoms with E-state index in [4.69, 9.17) is 4.74 Å². The molecule has 0 aromatic heterocycles. The summed E-state index contributed by atoms with van der Waals surface area (Å²) in [6.07, 6.45) is 0.722. The van der Waals surface area contributed by atoms with Gasteiger partial charge in [0.05, 0.1) is 18.1 Å². The molecule has 1 unspecified atom stereocenters. The van der Waals surface area contributed by atoms with Gasteiger partial charge >= 0.3 is 0 Å². The first-order valence-corrected chi connectivity index (χ1v) is 7.92. The van der Waals surface area contributed by atoms with Crippen LogP contribution in [0.25, 0.3) is 0 Å². The quantitative estimate of drug-likeness (QED) is 0.870. The highest BCUT2D eigenvalue weighted by Gasteiger charge is 2.27. The molecular weight excluding hydrogens is 250 g/mol. The van der Waals surface area contributed by atoms with Gasteiger partial charge in [-0.25, -0.2) is 8.42 Å². The number of ether oxygens (including phenoxy) is 1. The summed E-state index contributed by atoms with van der Waals surface area (Å²) < 4.78 is 27.8. The van der Waals surface area contributed by atoms with Gasteiger partial charge in [0.15, 0.2) is 9.84 Å². The maximum absolute atomic E-state index is 11.3. The summed E-state index contributed by atoms with van der Waals surface area (Å²) in [5.74, 6) is 0.582. The molecule has 1 heterocycles. The van der Waals surface area contributed by atoms with Gasteiger partial charge in [-0.05, 0) is 17.5 Å². The second-order valence-corrected chi connectivity index (χ2v) is 6.96. The van der Waals surface area contributed by atoms with Crippen LogP contribution in [0.2, 0.25) is 0 Å². The third-order valence-corrected chi connectivity index (χ3v) is 4.90. The summed E-state index contributed by atoms with van der Waals surface area (Å²) in [4.78, 5) is 0. The lowest BCUT2D eigenvalue weighted by Gasteiger charge is -2.11. The van der Waals surface area contributed by atoms with E-state index in [-0.39, 0.29) is 11.8 Å². The molecule has 1 aromatic rings. The van der Waals surface area contributed by atoms with Crippen molar-refractivity contribution < 1.29 is 13.2 Å². The Balaban J connectivity index is 1.88. The molecule has 5 heteroatoms. The lowest BCUT2D eigenvalue weighted by Crippen LogP contribution is -2.29. The van der Waals surface area contributed by atoms with E-state index in [2.05, 4.69) is 11.4 Å². The highest BCUT2D eigenvalue weighted by Crippen LogP contribution is 2.12. The molecular formula is C13H19NO3S. The van der Waals surface area contributed by atoms with Crippen molar-refractivity contribution in [3.8, 4) is 0 Å². The molecule has 1 aliphatic rings. The summed E-state index contributed by atoms with van der Waals surface area (Å²) in [5.41, 5.74) is 2.30. The van der Waals surface area contributed by atoms with Crippen LogP contribution in [0.3, 0.4) is 0 Å². The predicted octanol–water partition coefficient (Wildman–Crippen LogP) is 1.11. The summed E-state index contributed by atoms with van der Waals surface area (Å²) in [7, 11) is -1.12. The number of benzene rings is 1. The van der Waals surface area contributed by atoms with Crippen molar-refractivity contribution in [3.63, 3.8) is 0 Å². The van der Waals surface area contributed by atoms with Crippen LogP contribution in [-0.2, 0) is 27.7 Å². The fourth-order valence-electron chi connectivity index (χ4n) is 2.21. The highest BCUT2D eigenvalue weighted by molar-refractivity contribution is 7.91. The zero-order valence-corrected chi connectivity index (χ0v) is 11.4. The van der Waals surface area contributed by atoms with Crippen LogP contribution >= 0.6 is 0 Å². The average molecular weight is 269 g/mol. The fourth-order valence-corrected chi connectivity index (χ4v) is 3.92. The van der Waals surface area contributed by atoms with Gasteiger partial charge in [-0.2, -0.15) is 0 Å². The van der Waals surface area contributed by atoms with E-state index in [1.54, 1.807) is 7.11 Å². The third kappa shape index (κ3) is 3.80. The standard InChI is InChI=1S/C13H19NO3S/c1-17-9-12-4-2-3-11(7-12)8-14-13-5-6-18(15,16)10-13/h2-4,7,13-14H,5-6,8-10H2,1H3. The Kier molecular flexibility index (Phi) is 4.37. The normalized spacial score (nSPS) is 22.2. The molecule has 1 aromatic carbocycles. The largest absolute Gasteiger partial charge is 0.380 e. The van der Waals surface area contributed by atoms with E-state index in [0.717, 1.165) is 17.5 Å². The molecule has 0 spiro atoms. The average Bonchev–Trinajstić information content (AvgIpc) is 2.68. The first kappa shape index (κ1) is 13.5. The zero-order chi connectivity index (χ0) is 13.0. The lowest BCUT2D eigenvalue weighted by molar-refractivity contribution is 0.185. The molecule has 4 nitrogen and oxygen atoms in total. The Labute approximate surface area is 108 Å². The molecule has 0 bridgehead atoms. The first-order chi connectivity index (χ1) is 8.59. The summed E-state index contributed by atoms with van der Waals surface area (Å²) in [6, 6.07) is 8.24. The Morgan fingerprint density at radius 2 is 2.17 bits per heavy atom. The van der Waals surface area contributed by atoms with E-state index in [0.29, 0.717) is 18.9 Å². The van der Waals surface area contributed by atoms with Gasteiger partial charge in [-0.3, -0.25) is 0 Å². The van der Waals surface area contributed by atoms with Gasteiger partial charge in [0.25, 0.3) is 0 Å². The number of methoxy groups -OCH3 is 1. The van der Waals surface area contributed by atoms with E-state index >= 15 is 0 Å². The van der Waals surface area contributed by atoms with Crippen molar-refractivity contribution in [2.24, 2.45) is 0 Å². The molecule has 1 aliphatic heterocycles. The molecule has 1 saturated heterocycles. The second kappa shape index (κ2) is 5.82. The second-order valence-electron chi connectivity index (χ2n) is 4.73. The summed E-state index contributed by atoms with van der Waals surface area (Å²) in [6.45, 7) is 1.31. The van der Waals surface area contributed by atoms with Crippen LogP contribution in [0.5, 0.6) is 0 Å². The van der Waals surface area contributed by atoms with Crippen molar-refractivity contribution in [1.82, 2.24) is 5.32 Å². The lowest BCUT2D eigenvalue weighted by atomic mass is 10.1. The molecule has 0 saturated carbocycles. The Bertz CT molecular complexity index is 499. The van der Waals surface area contributed by atoms with E-state index in [9.17, 15) is 8.42 Å². The molecule has 100 valence electrons. The van der Waals surface area contributed by atoms with Crippen molar-refractivity contribution in [1.29, 1.82) is 0 Å². The number of nitrogens with one attached hydrogen (secondary N) is 1. The molecule has 1 atom stereocenters. The summed E-state index contributed by atoms with van der Waals surface area (Å²) in [5, 5.41) is 3.30. The number of hydrogen-bond donors (Lipinski definition) is 1. The maximum atomic E-state index is 11.3. The van der Waals surface area contributed by atoms with Crippen molar-refractivity contribution in [2.45, 2.75) is 25.6 Å². The van der Waals surface area contributed by atoms with E-state index in [1.165, 1.54) is 0 Å². The number of hydrogen-bond acceptors (Lipinski definition) is 4. The van der Waals surface area contributed by atoms with Crippen LogP contribution in [0.1, 0.15) is 17.5 Å². The molecule has 0 aliphatic carbocycles.